The fraction of sp³-hybridized carbons (Fsp3) is 0.604. The van der Waals surface area contributed by atoms with E-state index >= 15 is 0 Å². The number of hydrogen-bond donors (Lipinski definition) is 2. The lowest BCUT2D eigenvalue weighted by atomic mass is 9.46. The number of carbonyl (C=O) groups excluding carboxylic acids is 5. The summed E-state index contributed by atoms with van der Waals surface area (Å²) in [5.41, 5.74) is 2.49. The van der Waals surface area contributed by atoms with Gasteiger partial charge in [0.25, 0.3) is 11.5 Å². The molecule has 5 aliphatic rings. The van der Waals surface area contributed by atoms with Gasteiger partial charge in [0.1, 0.15) is 19.0 Å². The molecule has 6 atom stereocenters. The maximum atomic E-state index is 14.9. The van der Waals surface area contributed by atoms with Crippen LogP contribution < -0.4 is 10.9 Å². The fourth-order valence-electron chi connectivity index (χ4n) is 12.5. The standard InChI is InChI=1S/C53H68FN5O9/c1-52-19-17-37(60)32-36(52)12-13-40-42-14-15-44(53(42,2)20-18-43(40)52)47(61)33-67-26-7-3-4-10-48(62)55-21-27-66-28-29-68-34-49(63)58-22-24-59(25-23-58)51(65)41-30-35(11-16-45(41)54)31-46-38-8-5-6-9-39(38)50(64)57-56-46/h5-6,8-9,11,16,30,32,40,42-44H,3-4,7,10,12-15,17-29,31,33-34H2,1-2H3,(H,55,62)(H,57,64)/t40-,42?,43?,44+,52-,53-/m0/s1. The first-order chi connectivity index (χ1) is 32.9. The molecule has 3 saturated carbocycles. The minimum absolute atomic E-state index is 0.0363. The van der Waals surface area contributed by atoms with Crippen molar-refractivity contribution in [1.82, 2.24) is 25.3 Å². The molecule has 15 heteroatoms. The lowest BCUT2D eigenvalue weighted by Gasteiger charge is -2.58. The number of ketones is 2. The molecular weight excluding hydrogens is 870 g/mol. The average molecular weight is 938 g/mol. The number of ether oxygens (including phenoxy) is 3. The molecule has 2 aromatic carbocycles. The second-order valence-corrected chi connectivity index (χ2v) is 20.2. The van der Waals surface area contributed by atoms with Gasteiger partial charge < -0.3 is 29.3 Å². The number of aromatic nitrogens is 2. The van der Waals surface area contributed by atoms with Gasteiger partial charge in [-0.25, -0.2) is 9.49 Å². The molecule has 1 aromatic heterocycles. The van der Waals surface area contributed by atoms with E-state index in [9.17, 15) is 33.2 Å². The zero-order valence-corrected chi connectivity index (χ0v) is 39.8. The first-order valence-corrected chi connectivity index (χ1v) is 24.9. The van der Waals surface area contributed by atoms with Crippen molar-refractivity contribution in [3.63, 3.8) is 0 Å². The molecule has 4 aliphatic carbocycles. The number of unbranched alkanes of at least 4 members (excludes halogenated alkanes) is 2. The highest BCUT2D eigenvalue weighted by Gasteiger charge is 2.60. The number of nitrogens with zero attached hydrogens (tertiary/aromatic N) is 3. The van der Waals surface area contributed by atoms with Crippen LogP contribution in [0.4, 0.5) is 4.39 Å². The van der Waals surface area contributed by atoms with E-state index in [1.54, 1.807) is 29.2 Å². The van der Waals surface area contributed by atoms with Gasteiger partial charge in [-0.2, -0.15) is 5.10 Å². The molecule has 8 rings (SSSR count). The van der Waals surface area contributed by atoms with E-state index < -0.39 is 11.7 Å². The second-order valence-electron chi connectivity index (χ2n) is 20.2. The van der Waals surface area contributed by atoms with E-state index in [2.05, 4.69) is 29.4 Å². The molecule has 4 fully saturated rings. The number of rotatable bonds is 20. The highest BCUT2D eigenvalue weighted by Crippen LogP contribution is 2.66. The molecule has 0 radical (unpaired) electrons. The van der Waals surface area contributed by atoms with Crippen molar-refractivity contribution in [3.05, 3.63) is 87.1 Å². The van der Waals surface area contributed by atoms with Gasteiger partial charge >= 0.3 is 0 Å². The zero-order chi connectivity index (χ0) is 47.8. The smallest absolute Gasteiger partial charge is 0.272 e. The predicted octanol–water partition coefficient (Wildman–Crippen LogP) is 6.38. The molecule has 3 aromatic rings. The number of piperazine rings is 1. The Balaban J connectivity index is 0.631. The Labute approximate surface area is 398 Å². The number of Topliss-reactive ketones (excluding diaryl/α,β-unsaturated/α-hetero) is 1. The summed E-state index contributed by atoms with van der Waals surface area (Å²) in [6.45, 7) is 7.54. The van der Waals surface area contributed by atoms with Gasteiger partial charge in [-0.1, -0.05) is 50.1 Å². The molecular formula is C53H68FN5O9. The number of fused-ring (bicyclic) bond motifs is 6. The second kappa shape index (κ2) is 22.1. The number of benzene rings is 2. The van der Waals surface area contributed by atoms with Gasteiger partial charge in [0.15, 0.2) is 11.6 Å². The summed E-state index contributed by atoms with van der Waals surface area (Å²) in [4.78, 5) is 79.6. The largest absolute Gasteiger partial charge is 0.377 e. The van der Waals surface area contributed by atoms with Crippen LogP contribution in [0.25, 0.3) is 10.8 Å². The molecule has 1 saturated heterocycles. The summed E-state index contributed by atoms with van der Waals surface area (Å²) in [7, 11) is 0. The Bertz CT molecular complexity index is 2430. The molecule has 68 heavy (non-hydrogen) atoms. The molecule has 0 spiro atoms. The van der Waals surface area contributed by atoms with Crippen LogP contribution in [0.5, 0.6) is 0 Å². The van der Waals surface area contributed by atoms with Crippen LogP contribution in [0.2, 0.25) is 0 Å². The van der Waals surface area contributed by atoms with Gasteiger partial charge in [0.05, 0.1) is 36.5 Å². The van der Waals surface area contributed by atoms with Crippen LogP contribution in [0.3, 0.4) is 0 Å². The molecule has 1 aliphatic heterocycles. The minimum atomic E-state index is -0.635. The van der Waals surface area contributed by atoms with Gasteiger partial charge in [-0.05, 0) is 116 Å². The summed E-state index contributed by atoms with van der Waals surface area (Å²) >= 11 is 0. The molecule has 14 nitrogen and oxygen atoms in total. The number of allylic oxidation sites excluding steroid dienone is 1. The summed E-state index contributed by atoms with van der Waals surface area (Å²) in [6, 6.07) is 11.5. The Morgan fingerprint density at radius 3 is 2.40 bits per heavy atom. The predicted molar refractivity (Wildman–Crippen MR) is 253 cm³/mol. The maximum absolute atomic E-state index is 14.9. The fourth-order valence-corrected chi connectivity index (χ4v) is 12.5. The number of halogens is 1. The number of aromatic amines is 1. The summed E-state index contributed by atoms with van der Waals surface area (Å²) in [6.07, 6.45) is 13.1. The van der Waals surface area contributed by atoms with Crippen LogP contribution in [0.15, 0.2) is 58.9 Å². The van der Waals surface area contributed by atoms with E-state index in [1.165, 1.54) is 22.6 Å². The lowest BCUT2D eigenvalue weighted by molar-refractivity contribution is -0.138. The molecule has 0 bridgehead atoms. The van der Waals surface area contributed by atoms with Gasteiger partial charge in [-0.3, -0.25) is 28.8 Å². The monoisotopic (exact) mass is 938 g/mol. The average Bonchev–Trinajstić information content (AvgIpc) is 3.71. The highest BCUT2D eigenvalue weighted by molar-refractivity contribution is 5.95. The van der Waals surface area contributed by atoms with E-state index in [-0.39, 0.29) is 85.0 Å². The Hall–Kier alpha value is -5.12. The molecule has 2 N–H and O–H groups in total. The molecule has 3 amide bonds. The van der Waals surface area contributed by atoms with Crippen LogP contribution in [-0.2, 0) is 39.8 Å². The third-order valence-corrected chi connectivity index (χ3v) is 16.3. The van der Waals surface area contributed by atoms with E-state index in [0.717, 1.165) is 64.2 Å². The SMILES string of the molecule is C[C@]12CCC(=O)C=C1CC[C@@H]1C2CC[C@@]2(C)C1CC[C@@H]2C(=O)COCCCCCC(=O)NCCOCCOCC(=O)N1CCN(C(=O)c2cc(Cc3n[nH]c(=O)c4ccccc34)ccc2F)CC1. The Morgan fingerprint density at radius 1 is 0.809 bits per heavy atom. The third-order valence-electron chi connectivity index (χ3n) is 16.3. The summed E-state index contributed by atoms with van der Waals surface area (Å²) in [5, 5.41) is 10.8. The number of carbonyl (C=O) groups is 5. The van der Waals surface area contributed by atoms with Crippen LogP contribution in [0, 0.1) is 40.3 Å². The summed E-state index contributed by atoms with van der Waals surface area (Å²) in [5.74, 6) is 1.08. The van der Waals surface area contributed by atoms with Crippen LogP contribution in [0.1, 0.15) is 113 Å². The number of amides is 3. The van der Waals surface area contributed by atoms with E-state index in [1.807, 2.05) is 12.1 Å². The van der Waals surface area contributed by atoms with E-state index in [4.69, 9.17) is 14.2 Å². The van der Waals surface area contributed by atoms with Crippen molar-refractivity contribution in [2.24, 2.45) is 34.5 Å². The van der Waals surface area contributed by atoms with Crippen molar-refractivity contribution >= 4 is 40.1 Å². The lowest BCUT2D eigenvalue weighted by Crippen LogP contribution is -2.51. The number of H-pyrrole nitrogens is 1. The molecule has 2 unspecified atom stereocenters. The number of nitrogens with one attached hydrogen (secondary N) is 2. The van der Waals surface area contributed by atoms with Crippen molar-refractivity contribution in [3.8, 4) is 0 Å². The van der Waals surface area contributed by atoms with Crippen LogP contribution in [-0.4, -0.2) is 122 Å². The van der Waals surface area contributed by atoms with Crippen LogP contribution >= 0.6 is 0 Å². The molecule has 2 heterocycles. The Kier molecular flexibility index (Phi) is 16.0. The first kappa shape index (κ1) is 49.3. The Morgan fingerprint density at radius 2 is 1.57 bits per heavy atom. The van der Waals surface area contributed by atoms with Gasteiger partial charge in [0.2, 0.25) is 11.8 Å². The maximum Gasteiger partial charge on any atom is 0.272 e. The van der Waals surface area contributed by atoms with Crippen molar-refractivity contribution in [2.45, 2.75) is 97.3 Å². The van der Waals surface area contributed by atoms with Crippen molar-refractivity contribution in [1.29, 1.82) is 0 Å². The topological polar surface area (TPSA) is 177 Å². The van der Waals surface area contributed by atoms with Gasteiger partial charge in [-0.15, -0.1) is 0 Å². The quantitative estimate of drug-likeness (QED) is 0.121. The zero-order valence-electron chi connectivity index (χ0n) is 39.8. The van der Waals surface area contributed by atoms with E-state index in [0.29, 0.717) is 97.7 Å². The summed E-state index contributed by atoms with van der Waals surface area (Å²) < 4.78 is 31.9. The van der Waals surface area contributed by atoms with Crippen molar-refractivity contribution < 1.29 is 42.6 Å². The first-order valence-electron chi connectivity index (χ1n) is 24.9. The number of hydrogen-bond acceptors (Lipinski definition) is 10. The normalized spacial score (nSPS) is 25.6. The third kappa shape index (κ3) is 11.0. The van der Waals surface area contributed by atoms with Gasteiger partial charge in [0, 0.05) is 69.9 Å². The minimum Gasteiger partial charge on any atom is -0.377 e. The highest BCUT2D eigenvalue weighted by atomic mass is 19.1. The molecule has 366 valence electrons. The van der Waals surface area contributed by atoms with Crippen molar-refractivity contribution in [2.75, 3.05) is 72.4 Å².